The first-order valence-corrected chi connectivity index (χ1v) is 3.57. The van der Waals surface area contributed by atoms with Crippen LogP contribution in [0.15, 0.2) is 0 Å². The molecule has 10 heavy (non-hydrogen) atoms. The van der Waals surface area contributed by atoms with Crippen molar-refractivity contribution in [1.29, 1.82) is 0 Å². The third-order valence-electron chi connectivity index (χ3n) is 1.97. The average molecular weight is 144 g/mol. The zero-order valence-corrected chi connectivity index (χ0v) is 5.80. The highest BCUT2D eigenvalue weighted by Gasteiger charge is 2.46. The van der Waals surface area contributed by atoms with Crippen molar-refractivity contribution < 1.29 is 9.47 Å². The smallest absolute Gasteiger partial charge is 0.193 e. The normalized spacial score (nSPS) is 36.3. The van der Waals surface area contributed by atoms with Crippen molar-refractivity contribution in [3.8, 4) is 0 Å². The van der Waals surface area contributed by atoms with Crippen LogP contribution in [0, 0.1) is 0 Å². The minimum Gasteiger partial charge on any atom is -0.345 e. The third-order valence-corrected chi connectivity index (χ3v) is 1.97. The van der Waals surface area contributed by atoms with Crippen molar-refractivity contribution >= 4 is 0 Å². The second-order valence-corrected chi connectivity index (χ2v) is 2.80. The lowest BCUT2D eigenvalue weighted by Crippen LogP contribution is -2.60. The predicted octanol–water partition coefficient (Wildman–Crippen LogP) is -1.34. The molecule has 2 rings (SSSR count). The summed E-state index contributed by atoms with van der Waals surface area (Å²) in [5, 5.41) is 3.10. The van der Waals surface area contributed by atoms with Crippen molar-refractivity contribution in [2.75, 3.05) is 26.2 Å². The van der Waals surface area contributed by atoms with Crippen molar-refractivity contribution in [3.63, 3.8) is 0 Å². The van der Waals surface area contributed by atoms with Crippen molar-refractivity contribution in [2.45, 2.75) is 11.9 Å². The first-order chi connectivity index (χ1) is 4.85. The molecule has 0 aromatic rings. The summed E-state index contributed by atoms with van der Waals surface area (Å²) in [5.74, 6) is -0.302. The number of rotatable bonds is 1. The SMILES string of the molecule is NCC1COC2(CNC2)O1. The van der Waals surface area contributed by atoms with Gasteiger partial charge in [0.15, 0.2) is 5.79 Å². The lowest BCUT2D eigenvalue weighted by Gasteiger charge is -2.36. The summed E-state index contributed by atoms with van der Waals surface area (Å²) in [4.78, 5) is 0. The molecule has 1 atom stereocenters. The lowest BCUT2D eigenvalue weighted by atomic mass is 10.2. The van der Waals surface area contributed by atoms with E-state index in [4.69, 9.17) is 15.2 Å². The van der Waals surface area contributed by atoms with Crippen LogP contribution in [0.25, 0.3) is 0 Å². The number of nitrogens with two attached hydrogens (primary N) is 1. The van der Waals surface area contributed by atoms with Gasteiger partial charge in [0.1, 0.15) is 0 Å². The van der Waals surface area contributed by atoms with Gasteiger partial charge in [-0.2, -0.15) is 0 Å². The fourth-order valence-corrected chi connectivity index (χ4v) is 1.25. The Morgan fingerprint density at radius 3 is 2.70 bits per heavy atom. The fourth-order valence-electron chi connectivity index (χ4n) is 1.25. The Morgan fingerprint density at radius 1 is 1.60 bits per heavy atom. The van der Waals surface area contributed by atoms with E-state index in [2.05, 4.69) is 5.32 Å². The van der Waals surface area contributed by atoms with Crippen molar-refractivity contribution in [3.05, 3.63) is 0 Å². The summed E-state index contributed by atoms with van der Waals surface area (Å²) >= 11 is 0. The molecule has 0 amide bonds. The van der Waals surface area contributed by atoms with Crippen LogP contribution in [0.1, 0.15) is 0 Å². The van der Waals surface area contributed by atoms with Crippen molar-refractivity contribution in [2.24, 2.45) is 5.73 Å². The van der Waals surface area contributed by atoms with Crippen LogP contribution in [-0.2, 0) is 9.47 Å². The number of ether oxygens (including phenoxy) is 2. The summed E-state index contributed by atoms with van der Waals surface area (Å²) in [6.45, 7) is 2.83. The molecule has 3 N–H and O–H groups in total. The van der Waals surface area contributed by atoms with Gasteiger partial charge in [0, 0.05) is 6.54 Å². The second-order valence-electron chi connectivity index (χ2n) is 2.80. The van der Waals surface area contributed by atoms with Gasteiger partial charge < -0.3 is 20.5 Å². The molecule has 4 nitrogen and oxygen atoms in total. The zero-order chi connectivity index (χ0) is 7.03. The van der Waals surface area contributed by atoms with Crippen LogP contribution in [-0.4, -0.2) is 38.1 Å². The van der Waals surface area contributed by atoms with Gasteiger partial charge in [-0.3, -0.25) is 0 Å². The van der Waals surface area contributed by atoms with E-state index in [1.54, 1.807) is 0 Å². The van der Waals surface area contributed by atoms with Gasteiger partial charge in [0.25, 0.3) is 0 Å². The third kappa shape index (κ3) is 0.845. The molecule has 2 aliphatic heterocycles. The molecule has 1 spiro atoms. The second kappa shape index (κ2) is 2.17. The molecule has 2 saturated heterocycles. The molecule has 2 fully saturated rings. The molecule has 1 unspecified atom stereocenters. The fraction of sp³-hybridized carbons (Fsp3) is 1.00. The van der Waals surface area contributed by atoms with Gasteiger partial charge in [0.05, 0.1) is 25.8 Å². The maximum atomic E-state index is 5.52. The highest BCUT2D eigenvalue weighted by atomic mass is 16.7. The predicted molar refractivity (Wildman–Crippen MR) is 35.5 cm³/mol. The maximum absolute atomic E-state index is 5.52. The van der Waals surface area contributed by atoms with Gasteiger partial charge in [0.2, 0.25) is 0 Å². The zero-order valence-electron chi connectivity index (χ0n) is 5.80. The van der Waals surface area contributed by atoms with Crippen LogP contribution in [0.5, 0.6) is 0 Å². The summed E-state index contributed by atoms with van der Waals surface area (Å²) in [7, 11) is 0. The first-order valence-electron chi connectivity index (χ1n) is 3.57. The van der Waals surface area contributed by atoms with E-state index in [0.717, 1.165) is 13.1 Å². The Hall–Kier alpha value is -0.160. The lowest BCUT2D eigenvalue weighted by molar-refractivity contribution is -0.195. The monoisotopic (exact) mass is 144 g/mol. The van der Waals surface area contributed by atoms with E-state index < -0.39 is 0 Å². The molecule has 0 saturated carbocycles. The molecule has 58 valence electrons. The molecular formula is C6H12N2O2. The molecule has 4 heteroatoms. The van der Waals surface area contributed by atoms with E-state index in [-0.39, 0.29) is 11.9 Å². The van der Waals surface area contributed by atoms with Gasteiger partial charge >= 0.3 is 0 Å². The largest absolute Gasteiger partial charge is 0.345 e. The van der Waals surface area contributed by atoms with E-state index in [1.165, 1.54) is 0 Å². The maximum Gasteiger partial charge on any atom is 0.193 e. The molecule has 0 bridgehead atoms. The topological polar surface area (TPSA) is 56.5 Å². The van der Waals surface area contributed by atoms with E-state index in [1.807, 2.05) is 0 Å². The summed E-state index contributed by atoms with van der Waals surface area (Å²) < 4.78 is 10.9. The van der Waals surface area contributed by atoms with Crippen LogP contribution < -0.4 is 11.1 Å². The molecule has 0 aromatic carbocycles. The Labute approximate surface area is 59.7 Å². The molecule has 0 aromatic heterocycles. The summed E-state index contributed by atoms with van der Waals surface area (Å²) in [6.07, 6.45) is 0.113. The van der Waals surface area contributed by atoms with Crippen LogP contribution in [0.2, 0.25) is 0 Å². The van der Waals surface area contributed by atoms with Crippen LogP contribution in [0.4, 0.5) is 0 Å². The Balaban J connectivity index is 1.92. The Morgan fingerprint density at radius 2 is 2.40 bits per heavy atom. The van der Waals surface area contributed by atoms with E-state index in [0.29, 0.717) is 13.2 Å². The standard InChI is InChI=1S/C6H12N2O2/c7-1-5-2-9-6(10-5)3-8-4-6/h5,8H,1-4,7H2. The van der Waals surface area contributed by atoms with Gasteiger partial charge in [-0.05, 0) is 0 Å². The van der Waals surface area contributed by atoms with E-state index in [9.17, 15) is 0 Å². The average Bonchev–Trinajstić information content (AvgIpc) is 2.29. The van der Waals surface area contributed by atoms with Crippen molar-refractivity contribution in [1.82, 2.24) is 5.32 Å². The molecule has 2 heterocycles. The van der Waals surface area contributed by atoms with Crippen LogP contribution >= 0.6 is 0 Å². The van der Waals surface area contributed by atoms with Crippen LogP contribution in [0.3, 0.4) is 0 Å². The minimum absolute atomic E-state index is 0.113. The summed E-state index contributed by atoms with van der Waals surface area (Å²) in [5.41, 5.74) is 5.41. The highest BCUT2D eigenvalue weighted by molar-refractivity contribution is 4.91. The molecule has 2 aliphatic rings. The minimum atomic E-state index is -0.302. The Kier molecular flexibility index (Phi) is 1.42. The number of hydrogen-bond acceptors (Lipinski definition) is 4. The summed E-state index contributed by atoms with van der Waals surface area (Å²) in [6, 6.07) is 0. The van der Waals surface area contributed by atoms with Gasteiger partial charge in [-0.1, -0.05) is 0 Å². The Bertz CT molecular complexity index is 136. The quantitative estimate of drug-likeness (QED) is 0.478. The number of hydrogen-bond donors (Lipinski definition) is 2. The number of nitrogens with one attached hydrogen (secondary N) is 1. The highest BCUT2D eigenvalue weighted by Crippen LogP contribution is 2.26. The van der Waals surface area contributed by atoms with Gasteiger partial charge in [-0.15, -0.1) is 0 Å². The van der Waals surface area contributed by atoms with Gasteiger partial charge in [-0.25, -0.2) is 0 Å². The van der Waals surface area contributed by atoms with E-state index >= 15 is 0 Å². The molecule has 0 radical (unpaired) electrons. The molecule has 0 aliphatic carbocycles. The molecular weight excluding hydrogens is 132 g/mol. The first kappa shape index (κ1) is 6.54.